The molecule has 0 radical (unpaired) electrons. The van der Waals surface area contributed by atoms with Crippen LogP contribution in [-0.4, -0.2) is 20.7 Å². The molecule has 0 atom stereocenters. The van der Waals surface area contributed by atoms with Gasteiger partial charge in [0.15, 0.2) is 0 Å². The van der Waals surface area contributed by atoms with Crippen LogP contribution >= 0.6 is 0 Å². The van der Waals surface area contributed by atoms with Crippen molar-refractivity contribution in [1.82, 2.24) is 0 Å². The van der Waals surface area contributed by atoms with Gasteiger partial charge >= 0.3 is 164 Å². The summed E-state index contributed by atoms with van der Waals surface area (Å²) < 4.78 is 11.1. The maximum atomic E-state index is 5.42. The number of hydrogen-bond donors (Lipinski definition) is 0. The normalized spacial score (nSPS) is 11.7. The first-order valence-electron chi connectivity index (χ1n) is 9.17. The van der Waals surface area contributed by atoms with Crippen molar-refractivity contribution in [3.63, 3.8) is 0 Å². The van der Waals surface area contributed by atoms with E-state index >= 15 is 0 Å². The van der Waals surface area contributed by atoms with Crippen molar-refractivity contribution in [2.75, 3.05) is 7.11 Å². The van der Waals surface area contributed by atoms with Gasteiger partial charge in [0, 0.05) is 0 Å². The third-order valence-electron chi connectivity index (χ3n) is 5.14. The van der Waals surface area contributed by atoms with Gasteiger partial charge in [-0.2, -0.15) is 0 Å². The SMILES string of the molecule is COc1ccc([AsH](c2ccccc2)(c2ccccc2)c2ccccc2)cc1. The van der Waals surface area contributed by atoms with E-state index in [4.69, 9.17) is 4.74 Å². The molecule has 0 aromatic heterocycles. The average Bonchev–Trinajstić information content (AvgIpc) is 2.77. The Morgan fingerprint density at radius 2 is 0.778 bits per heavy atom. The van der Waals surface area contributed by atoms with Gasteiger partial charge in [-0.3, -0.25) is 0 Å². The molecule has 134 valence electrons. The summed E-state index contributed by atoms with van der Waals surface area (Å²) in [6.45, 7) is 0. The summed E-state index contributed by atoms with van der Waals surface area (Å²) in [7, 11) is 1.72. The van der Waals surface area contributed by atoms with Crippen LogP contribution in [0.25, 0.3) is 0 Å². The summed E-state index contributed by atoms with van der Waals surface area (Å²) >= 11 is -3.09. The quantitative estimate of drug-likeness (QED) is 0.457. The van der Waals surface area contributed by atoms with Crippen molar-refractivity contribution in [2.45, 2.75) is 0 Å². The van der Waals surface area contributed by atoms with Gasteiger partial charge in [-0.25, -0.2) is 0 Å². The molecular weight excluding hydrogens is 391 g/mol. The molecule has 0 unspecified atom stereocenters. The second-order valence-electron chi connectivity index (χ2n) is 6.58. The van der Waals surface area contributed by atoms with E-state index in [0.717, 1.165) is 5.75 Å². The fourth-order valence-electron chi connectivity index (χ4n) is 3.91. The van der Waals surface area contributed by atoms with Crippen molar-refractivity contribution in [3.05, 3.63) is 115 Å². The van der Waals surface area contributed by atoms with Gasteiger partial charge in [0.25, 0.3) is 0 Å². The molecule has 0 aliphatic rings. The molecule has 4 aromatic carbocycles. The Bertz CT molecular complexity index is 884. The van der Waals surface area contributed by atoms with Crippen LogP contribution in [0.15, 0.2) is 115 Å². The zero-order valence-corrected chi connectivity index (χ0v) is 17.5. The molecule has 0 saturated carbocycles. The minimum atomic E-state index is -3.09. The van der Waals surface area contributed by atoms with Crippen LogP contribution in [-0.2, 0) is 0 Å². The first kappa shape index (κ1) is 17.6. The summed E-state index contributed by atoms with van der Waals surface area (Å²) in [6, 6.07) is 41.7. The van der Waals surface area contributed by atoms with E-state index in [1.807, 2.05) is 0 Å². The fourth-order valence-corrected chi connectivity index (χ4v) is 13.9. The first-order chi connectivity index (χ1) is 13.4. The summed E-state index contributed by atoms with van der Waals surface area (Å²) in [5.74, 6) is 0.893. The van der Waals surface area contributed by atoms with E-state index in [-0.39, 0.29) is 0 Å². The molecule has 0 N–H and O–H groups in total. The van der Waals surface area contributed by atoms with Crippen LogP contribution in [0, 0.1) is 0 Å². The molecule has 0 saturated heterocycles. The summed E-state index contributed by atoms with van der Waals surface area (Å²) in [6.07, 6.45) is 0. The molecule has 0 spiro atoms. The number of hydrogen-bond acceptors (Lipinski definition) is 1. The molecule has 0 aliphatic carbocycles. The Kier molecular flexibility index (Phi) is 5.14. The summed E-state index contributed by atoms with van der Waals surface area (Å²) in [5, 5.41) is 0. The third-order valence-corrected chi connectivity index (χ3v) is 15.2. The van der Waals surface area contributed by atoms with E-state index in [1.165, 1.54) is 17.4 Å². The molecule has 0 fully saturated rings. The van der Waals surface area contributed by atoms with Crippen molar-refractivity contribution in [2.24, 2.45) is 0 Å². The van der Waals surface area contributed by atoms with E-state index < -0.39 is 13.6 Å². The van der Waals surface area contributed by atoms with E-state index in [0.29, 0.717) is 0 Å². The van der Waals surface area contributed by atoms with Crippen LogP contribution in [0.1, 0.15) is 0 Å². The summed E-state index contributed by atoms with van der Waals surface area (Å²) in [5.41, 5.74) is 0. The molecule has 0 aliphatic heterocycles. The minimum absolute atomic E-state index is 0.893. The van der Waals surface area contributed by atoms with Gasteiger partial charge in [0.05, 0.1) is 0 Å². The molecule has 0 bridgehead atoms. The monoisotopic (exact) mass is 414 g/mol. The zero-order valence-electron chi connectivity index (χ0n) is 15.4. The van der Waals surface area contributed by atoms with Crippen LogP contribution < -0.4 is 22.1 Å². The third kappa shape index (κ3) is 3.20. The summed E-state index contributed by atoms with van der Waals surface area (Å²) in [4.78, 5) is 0. The van der Waals surface area contributed by atoms with Gasteiger partial charge < -0.3 is 0 Å². The van der Waals surface area contributed by atoms with Gasteiger partial charge in [-0.05, 0) is 0 Å². The fraction of sp³-hybridized carbons (Fsp3) is 0.0400. The molecule has 2 heteroatoms. The van der Waals surface area contributed by atoms with Crippen LogP contribution in [0.2, 0.25) is 0 Å². The standard InChI is InChI=1S/C25H23AsO/c1-27-25-19-17-24(18-20-25)26(21-11-5-2-6-12-21,22-13-7-3-8-14-22)23-15-9-4-10-16-23/h2-20,26H,1H3. The topological polar surface area (TPSA) is 9.23 Å². The Labute approximate surface area is 163 Å². The number of ether oxygens (including phenoxy) is 1. The second-order valence-corrected chi connectivity index (χ2v) is 14.6. The average molecular weight is 414 g/mol. The zero-order chi connectivity index (χ0) is 18.5. The van der Waals surface area contributed by atoms with Gasteiger partial charge in [0.2, 0.25) is 0 Å². The van der Waals surface area contributed by atoms with E-state index in [9.17, 15) is 0 Å². The van der Waals surface area contributed by atoms with E-state index in [1.54, 1.807) is 7.11 Å². The second kappa shape index (κ2) is 7.86. The Morgan fingerprint density at radius 1 is 0.444 bits per heavy atom. The van der Waals surface area contributed by atoms with Crippen molar-refractivity contribution in [1.29, 1.82) is 0 Å². The van der Waals surface area contributed by atoms with Gasteiger partial charge in [0.1, 0.15) is 0 Å². The molecule has 4 rings (SSSR count). The van der Waals surface area contributed by atoms with Crippen LogP contribution in [0.3, 0.4) is 0 Å². The molecule has 4 aromatic rings. The molecule has 1 nitrogen and oxygen atoms in total. The van der Waals surface area contributed by atoms with Crippen molar-refractivity contribution in [3.8, 4) is 5.75 Å². The molecule has 0 heterocycles. The van der Waals surface area contributed by atoms with Crippen molar-refractivity contribution >= 4 is 31.0 Å². The van der Waals surface area contributed by atoms with Crippen LogP contribution in [0.4, 0.5) is 0 Å². The molecular formula is C25H23AsO. The van der Waals surface area contributed by atoms with Gasteiger partial charge in [-0.15, -0.1) is 0 Å². The predicted molar refractivity (Wildman–Crippen MR) is 118 cm³/mol. The van der Waals surface area contributed by atoms with Crippen LogP contribution in [0.5, 0.6) is 5.75 Å². The van der Waals surface area contributed by atoms with Crippen molar-refractivity contribution < 1.29 is 4.74 Å². The number of methoxy groups -OCH3 is 1. The molecule has 0 amide bonds. The number of benzene rings is 4. The first-order valence-corrected chi connectivity index (χ1v) is 13.4. The Hall–Kier alpha value is -2.76. The number of rotatable bonds is 5. The maximum absolute atomic E-state index is 5.42. The Balaban J connectivity index is 2.09. The Morgan fingerprint density at radius 3 is 1.11 bits per heavy atom. The van der Waals surface area contributed by atoms with E-state index in [2.05, 4.69) is 115 Å². The van der Waals surface area contributed by atoms with Gasteiger partial charge in [-0.1, -0.05) is 0 Å². The molecule has 27 heavy (non-hydrogen) atoms. The predicted octanol–water partition coefficient (Wildman–Crippen LogP) is 2.80.